The Kier molecular flexibility index (Phi) is 10.3. The molecule has 4 nitrogen and oxygen atoms in total. The molecule has 6 heteroatoms. The first-order chi connectivity index (χ1) is 36.0. The van der Waals surface area contributed by atoms with Crippen LogP contribution in [0.2, 0.25) is 0 Å². The zero-order valence-corrected chi connectivity index (χ0v) is 41.3. The van der Waals surface area contributed by atoms with Crippen molar-refractivity contribution < 1.29 is 4.42 Å². The van der Waals surface area contributed by atoms with Gasteiger partial charge < -0.3 is 14.2 Å². The molecule has 0 atom stereocenters. The fraction of sp³-hybridized carbons (Fsp3) is 0.0448. The van der Waals surface area contributed by atoms with Crippen LogP contribution in [0.15, 0.2) is 253 Å². The molecule has 346 valence electrons. The van der Waals surface area contributed by atoms with Gasteiger partial charge in [0.2, 0.25) is 5.88 Å². The quantitative estimate of drug-likeness (QED) is 0.135. The lowest BCUT2D eigenvalue weighted by molar-refractivity contribution is 0.622. The third kappa shape index (κ3) is 7.28. The van der Waals surface area contributed by atoms with E-state index in [-0.39, 0.29) is 12.6 Å². The predicted molar refractivity (Wildman–Crippen MR) is 311 cm³/mol. The molecule has 0 N–H and O–H groups in total. The molecular formula is C67H48BN3OS. The molecular weight excluding hydrogens is 906 g/mol. The molecule has 2 aromatic heterocycles. The van der Waals surface area contributed by atoms with Crippen molar-refractivity contribution in [1.82, 2.24) is 0 Å². The number of fused-ring (bicyclic) bond motifs is 7. The number of benzene rings is 10. The van der Waals surface area contributed by atoms with Crippen LogP contribution in [0.3, 0.4) is 0 Å². The fourth-order valence-electron chi connectivity index (χ4n) is 11.3. The van der Waals surface area contributed by atoms with Crippen molar-refractivity contribution in [2.24, 2.45) is 0 Å². The average Bonchev–Trinajstić information content (AvgIpc) is 4.07. The Morgan fingerprint density at radius 1 is 0.438 bits per heavy atom. The van der Waals surface area contributed by atoms with Crippen molar-refractivity contribution in [1.29, 1.82) is 0 Å². The lowest BCUT2D eigenvalue weighted by Gasteiger charge is -2.43. The molecule has 0 unspecified atom stereocenters. The zero-order valence-electron chi connectivity index (χ0n) is 40.5. The Balaban J connectivity index is 1.07. The summed E-state index contributed by atoms with van der Waals surface area (Å²) in [6.07, 6.45) is 0. The highest BCUT2D eigenvalue weighted by molar-refractivity contribution is 7.22. The van der Waals surface area contributed by atoms with Gasteiger partial charge in [-0.3, -0.25) is 4.90 Å². The molecule has 0 saturated heterocycles. The van der Waals surface area contributed by atoms with E-state index in [1.54, 1.807) is 0 Å². The van der Waals surface area contributed by atoms with E-state index in [4.69, 9.17) is 4.42 Å². The molecule has 0 aliphatic carbocycles. The van der Waals surface area contributed by atoms with Gasteiger partial charge in [-0.2, -0.15) is 0 Å². The second-order valence-corrected chi connectivity index (χ2v) is 20.6. The molecule has 0 fully saturated rings. The lowest BCUT2D eigenvalue weighted by Crippen LogP contribution is -2.61. The summed E-state index contributed by atoms with van der Waals surface area (Å²) in [6, 6.07) is 90.9. The van der Waals surface area contributed by atoms with Crippen LogP contribution in [0.5, 0.6) is 0 Å². The summed E-state index contributed by atoms with van der Waals surface area (Å²) < 4.78 is 8.59. The van der Waals surface area contributed by atoms with E-state index < -0.39 is 0 Å². The number of hydrogen-bond acceptors (Lipinski definition) is 5. The van der Waals surface area contributed by atoms with Gasteiger partial charge in [0.05, 0.1) is 5.69 Å². The average molecular weight is 954 g/mol. The second-order valence-electron chi connectivity index (χ2n) is 19.5. The summed E-state index contributed by atoms with van der Waals surface area (Å²) in [7, 11) is 0. The van der Waals surface area contributed by atoms with Crippen LogP contribution < -0.4 is 31.1 Å². The largest absolute Gasteiger partial charge is 0.440 e. The molecule has 2 aliphatic heterocycles. The van der Waals surface area contributed by atoms with Crippen molar-refractivity contribution in [3.8, 4) is 32.7 Å². The van der Waals surface area contributed by atoms with Crippen LogP contribution in [0.4, 0.5) is 51.4 Å². The van der Waals surface area contributed by atoms with Crippen LogP contribution in [-0.4, -0.2) is 6.71 Å². The van der Waals surface area contributed by atoms with E-state index in [9.17, 15) is 0 Å². The van der Waals surface area contributed by atoms with Crippen LogP contribution in [0.1, 0.15) is 25.3 Å². The van der Waals surface area contributed by atoms with E-state index in [0.717, 1.165) is 78.9 Å². The fourth-order valence-corrected chi connectivity index (χ4v) is 12.4. The Bertz CT molecular complexity index is 3910. The summed E-state index contributed by atoms with van der Waals surface area (Å²) in [5.41, 5.74) is 20.4. The van der Waals surface area contributed by atoms with Gasteiger partial charge in [0, 0.05) is 60.2 Å². The highest BCUT2D eigenvalue weighted by atomic mass is 32.1. The van der Waals surface area contributed by atoms with E-state index in [1.807, 2.05) is 11.3 Å². The first-order valence-electron chi connectivity index (χ1n) is 25.2. The van der Waals surface area contributed by atoms with Crippen molar-refractivity contribution in [2.75, 3.05) is 14.7 Å². The molecule has 0 spiro atoms. The number of anilines is 9. The summed E-state index contributed by atoms with van der Waals surface area (Å²) in [5.74, 6) is 1.07. The Morgan fingerprint density at radius 3 is 1.70 bits per heavy atom. The Labute approximate surface area is 430 Å². The number of rotatable bonds is 9. The summed E-state index contributed by atoms with van der Waals surface area (Å²) in [5, 5.41) is 2.38. The minimum Gasteiger partial charge on any atom is -0.440 e. The first-order valence-corrected chi connectivity index (χ1v) is 26.0. The monoisotopic (exact) mass is 953 g/mol. The molecule has 73 heavy (non-hydrogen) atoms. The molecule has 2 aliphatic rings. The molecule has 0 amide bonds. The number of para-hydroxylation sites is 3. The molecule has 14 rings (SSSR count). The predicted octanol–water partition coefficient (Wildman–Crippen LogP) is 17.3. The number of thiophene rings is 1. The van der Waals surface area contributed by atoms with Crippen LogP contribution in [0.25, 0.3) is 53.7 Å². The van der Waals surface area contributed by atoms with E-state index in [1.165, 1.54) is 48.2 Å². The smallest absolute Gasteiger partial charge is 0.257 e. The number of furan rings is 1. The van der Waals surface area contributed by atoms with E-state index in [2.05, 4.69) is 277 Å². The number of hydrogen-bond donors (Lipinski definition) is 0. The first kappa shape index (κ1) is 43.0. The zero-order chi connectivity index (χ0) is 48.6. The highest BCUT2D eigenvalue weighted by Crippen LogP contribution is 2.50. The molecule has 4 heterocycles. The van der Waals surface area contributed by atoms with Crippen molar-refractivity contribution >= 4 is 107 Å². The van der Waals surface area contributed by atoms with Crippen LogP contribution in [0, 0.1) is 0 Å². The molecule has 10 aromatic carbocycles. The van der Waals surface area contributed by atoms with Crippen molar-refractivity contribution in [3.05, 3.63) is 254 Å². The van der Waals surface area contributed by atoms with Gasteiger partial charge in [0.25, 0.3) is 6.71 Å². The Morgan fingerprint density at radius 2 is 1.03 bits per heavy atom. The minimum atomic E-state index is -0.153. The van der Waals surface area contributed by atoms with E-state index in [0.29, 0.717) is 0 Å². The van der Waals surface area contributed by atoms with Gasteiger partial charge in [0.15, 0.2) is 0 Å². The summed E-state index contributed by atoms with van der Waals surface area (Å²) >= 11 is 1.85. The normalized spacial score (nSPS) is 12.6. The van der Waals surface area contributed by atoms with Crippen molar-refractivity contribution in [2.45, 2.75) is 19.8 Å². The van der Waals surface area contributed by atoms with E-state index >= 15 is 0 Å². The van der Waals surface area contributed by atoms with Gasteiger partial charge in [-0.05, 0) is 153 Å². The van der Waals surface area contributed by atoms with Gasteiger partial charge in [0.1, 0.15) is 5.58 Å². The highest BCUT2D eigenvalue weighted by Gasteiger charge is 2.47. The molecule has 0 bridgehead atoms. The van der Waals surface area contributed by atoms with Crippen LogP contribution in [-0.2, 0) is 0 Å². The third-order valence-electron chi connectivity index (χ3n) is 14.8. The van der Waals surface area contributed by atoms with Gasteiger partial charge in [-0.15, -0.1) is 11.3 Å². The van der Waals surface area contributed by atoms with Gasteiger partial charge in [-0.1, -0.05) is 166 Å². The minimum absolute atomic E-state index is 0.153. The maximum absolute atomic E-state index is 7.30. The SMILES string of the molecule is CC(C)c1cc2c3c(c1)N(c1cc(-c4ccccc4)cc(-c4ccccc4)c1)c1oc4ccccc4c1B3c1ccc(N(c3ccccc3)c3ccccc3)cc1N2c1cccc(-c2cc3ccccc3s2)c1. The maximum atomic E-state index is 7.30. The topological polar surface area (TPSA) is 22.9 Å². The third-order valence-corrected chi connectivity index (χ3v) is 15.9. The summed E-state index contributed by atoms with van der Waals surface area (Å²) in [6.45, 7) is 4.47. The van der Waals surface area contributed by atoms with Gasteiger partial charge >= 0.3 is 0 Å². The lowest BCUT2D eigenvalue weighted by atomic mass is 9.33. The second kappa shape index (κ2) is 17.5. The molecule has 12 aromatic rings. The van der Waals surface area contributed by atoms with Gasteiger partial charge in [-0.25, -0.2) is 0 Å². The maximum Gasteiger partial charge on any atom is 0.257 e. The summed E-state index contributed by atoms with van der Waals surface area (Å²) in [4.78, 5) is 8.62. The standard InChI is InChI=1S/C67H48BN3OS/c1-44(2)49-40-60-66-61(41-49)71(56-38-50(45-20-7-3-8-21-45)36-51(39-56)46-22-9-4-10-23-46)67-65(57-31-16-17-32-62(57)72-67)68(66)58-35-34-55(69(52-26-11-5-12-27-52)53-28-13-6-14-29-53)43-59(58)70(60)54-30-19-25-47(37-54)64-42-48-24-15-18-33-63(48)73-64/h3-44H,1-2H3. The van der Waals surface area contributed by atoms with Crippen molar-refractivity contribution in [3.63, 3.8) is 0 Å². The molecule has 0 saturated carbocycles. The Hall–Kier alpha value is -8.84. The number of nitrogens with zero attached hydrogens (tertiary/aromatic N) is 3. The molecule has 0 radical (unpaired) electrons. The van der Waals surface area contributed by atoms with Crippen LogP contribution >= 0.6 is 11.3 Å².